The highest BCUT2D eigenvalue weighted by Gasteiger charge is 2.20. The fourth-order valence-corrected chi connectivity index (χ4v) is 2.11. The summed E-state index contributed by atoms with van der Waals surface area (Å²) >= 11 is 0. The van der Waals surface area contributed by atoms with Crippen molar-refractivity contribution in [3.8, 4) is 5.75 Å². The van der Waals surface area contributed by atoms with Crippen LogP contribution in [0.5, 0.6) is 5.75 Å². The van der Waals surface area contributed by atoms with Crippen molar-refractivity contribution >= 4 is 5.91 Å². The van der Waals surface area contributed by atoms with Gasteiger partial charge in [0.15, 0.2) is 0 Å². The third-order valence-electron chi connectivity index (χ3n) is 3.30. The topological polar surface area (TPSA) is 79.5 Å². The number of hydrogen-bond acceptors (Lipinski definition) is 4. The number of likely N-dealkylation sites (tertiary alicyclic amines) is 1. The summed E-state index contributed by atoms with van der Waals surface area (Å²) in [5.41, 5.74) is 6.63. The third-order valence-corrected chi connectivity index (χ3v) is 3.30. The van der Waals surface area contributed by atoms with Crippen molar-refractivity contribution in [1.82, 2.24) is 9.88 Å². The molecule has 1 aliphatic rings. The molecule has 0 saturated carbocycles. The Morgan fingerprint density at radius 3 is 2.78 bits per heavy atom. The molecular formula is C13H19N3O2. The van der Waals surface area contributed by atoms with Crippen LogP contribution in [0.3, 0.4) is 0 Å². The van der Waals surface area contributed by atoms with E-state index in [0.29, 0.717) is 12.8 Å². The van der Waals surface area contributed by atoms with E-state index in [2.05, 4.69) is 4.98 Å². The van der Waals surface area contributed by atoms with Crippen LogP contribution in [-0.2, 0) is 11.2 Å². The Hall–Kier alpha value is -1.62. The number of pyridine rings is 1. The zero-order valence-corrected chi connectivity index (χ0v) is 10.4. The first kappa shape index (κ1) is 12.8. The molecule has 0 aromatic carbocycles. The Bertz CT molecular complexity index is 397. The van der Waals surface area contributed by atoms with Crippen molar-refractivity contribution in [3.63, 3.8) is 0 Å². The normalized spacial score (nSPS) is 16.8. The molecule has 0 atom stereocenters. The third kappa shape index (κ3) is 3.43. The van der Waals surface area contributed by atoms with Crippen LogP contribution in [-0.4, -0.2) is 40.0 Å². The van der Waals surface area contributed by atoms with E-state index in [9.17, 15) is 4.79 Å². The van der Waals surface area contributed by atoms with Crippen molar-refractivity contribution < 1.29 is 9.90 Å². The van der Waals surface area contributed by atoms with Gasteiger partial charge in [-0.05, 0) is 31.4 Å². The molecule has 0 spiro atoms. The van der Waals surface area contributed by atoms with Gasteiger partial charge in [-0.1, -0.05) is 0 Å². The number of piperidine rings is 1. The number of amides is 1. The van der Waals surface area contributed by atoms with E-state index in [0.717, 1.165) is 31.6 Å². The second kappa shape index (κ2) is 5.82. The molecule has 1 fully saturated rings. The van der Waals surface area contributed by atoms with Gasteiger partial charge in [0, 0.05) is 31.2 Å². The minimum absolute atomic E-state index is 0.148. The van der Waals surface area contributed by atoms with Gasteiger partial charge in [-0.25, -0.2) is 0 Å². The lowest BCUT2D eigenvalue weighted by Gasteiger charge is -2.30. The highest BCUT2D eigenvalue weighted by Crippen LogP contribution is 2.12. The summed E-state index contributed by atoms with van der Waals surface area (Å²) in [5, 5.41) is 9.11. The molecule has 2 rings (SSSR count). The summed E-state index contributed by atoms with van der Waals surface area (Å²) in [5.74, 6) is 0.312. The number of nitrogens with zero attached hydrogens (tertiary/aromatic N) is 2. The minimum Gasteiger partial charge on any atom is -0.506 e. The lowest BCUT2D eigenvalue weighted by atomic mass is 10.1. The fraction of sp³-hybridized carbons (Fsp3) is 0.538. The largest absolute Gasteiger partial charge is 0.506 e. The second-order valence-corrected chi connectivity index (χ2v) is 4.73. The molecular weight excluding hydrogens is 230 g/mol. The fourth-order valence-electron chi connectivity index (χ4n) is 2.11. The zero-order chi connectivity index (χ0) is 13.0. The maximum absolute atomic E-state index is 12.0. The minimum atomic E-state index is 0.148. The van der Waals surface area contributed by atoms with E-state index in [1.165, 1.54) is 6.20 Å². The van der Waals surface area contributed by atoms with Gasteiger partial charge in [0.1, 0.15) is 5.75 Å². The summed E-state index contributed by atoms with van der Waals surface area (Å²) in [6.07, 6.45) is 4.26. The SMILES string of the molecule is NC1CCN(C(=O)CCc2ccc(O)cn2)CC1. The van der Waals surface area contributed by atoms with Crippen LogP contribution in [0.4, 0.5) is 0 Å². The number of rotatable bonds is 3. The number of carbonyl (C=O) groups excluding carboxylic acids is 1. The van der Waals surface area contributed by atoms with Crippen molar-refractivity contribution in [2.45, 2.75) is 31.7 Å². The molecule has 1 saturated heterocycles. The number of aromatic nitrogens is 1. The molecule has 98 valence electrons. The van der Waals surface area contributed by atoms with Crippen LogP contribution in [0.1, 0.15) is 25.0 Å². The number of aryl methyl sites for hydroxylation is 1. The molecule has 5 heteroatoms. The van der Waals surface area contributed by atoms with E-state index < -0.39 is 0 Å². The molecule has 1 aromatic heterocycles. The predicted octanol–water partition coefficient (Wildman–Crippen LogP) is 0.669. The van der Waals surface area contributed by atoms with E-state index in [-0.39, 0.29) is 17.7 Å². The molecule has 0 radical (unpaired) electrons. The molecule has 2 heterocycles. The smallest absolute Gasteiger partial charge is 0.222 e. The van der Waals surface area contributed by atoms with E-state index in [1.54, 1.807) is 12.1 Å². The highest BCUT2D eigenvalue weighted by molar-refractivity contribution is 5.76. The van der Waals surface area contributed by atoms with Gasteiger partial charge >= 0.3 is 0 Å². The quantitative estimate of drug-likeness (QED) is 0.825. The van der Waals surface area contributed by atoms with E-state index in [1.807, 2.05) is 4.90 Å². The van der Waals surface area contributed by atoms with Crippen molar-refractivity contribution in [1.29, 1.82) is 0 Å². The Balaban J connectivity index is 1.79. The maximum atomic E-state index is 12.0. The molecule has 1 aliphatic heterocycles. The summed E-state index contributed by atoms with van der Waals surface area (Å²) in [4.78, 5) is 17.9. The predicted molar refractivity (Wildman–Crippen MR) is 68.0 cm³/mol. The molecule has 3 N–H and O–H groups in total. The van der Waals surface area contributed by atoms with Crippen molar-refractivity contribution in [3.05, 3.63) is 24.0 Å². The maximum Gasteiger partial charge on any atom is 0.222 e. The molecule has 1 aromatic rings. The number of aromatic hydroxyl groups is 1. The number of hydrogen-bond donors (Lipinski definition) is 2. The summed E-state index contributed by atoms with van der Waals surface area (Å²) < 4.78 is 0. The van der Waals surface area contributed by atoms with Crippen LogP contribution in [0.25, 0.3) is 0 Å². The van der Waals surface area contributed by atoms with Crippen LogP contribution < -0.4 is 5.73 Å². The van der Waals surface area contributed by atoms with Gasteiger partial charge < -0.3 is 15.7 Å². The van der Waals surface area contributed by atoms with Gasteiger partial charge in [0.05, 0.1) is 6.20 Å². The van der Waals surface area contributed by atoms with E-state index in [4.69, 9.17) is 10.8 Å². The van der Waals surface area contributed by atoms with Gasteiger partial charge in [-0.3, -0.25) is 9.78 Å². The first-order valence-corrected chi connectivity index (χ1v) is 6.32. The molecule has 18 heavy (non-hydrogen) atoms. The Morgan fingerprint density at radius 1 is 1.44 bits per heavy atom. The molecule has 0 bridgehead atoms. The second-order valence-electron chi connectivity index (χ2n) is 4.73. The Morgan fingerprint density at radius 2 is 2.17 bits per heavy atom. The summed E-state index contributed by atoms with van der Waals surface area (Å²) in [6.45, 7) is 1.53. The molecule has 0 unspecified atom stereocenters. The first-order valence-electron chi connectivity index (χ1n) is 6.32. The van der Waals surface area contributed by atoms with Crippen LogP contribution >= 0.6 is 0 Å². The standard InChI is InChI=1S/C13H19N3O2/c14-10-5-7-16(8-6-10)13(18)4-2-11-1-3-12(17)9-15-11/h1,3,9-10,17H,2,4-8,14H2. The number of carbonyl (C=O) groups is 1. The number of nitrogens with two attached hydrogens (primary N) is 1. The van der Waals surface area contributed by atoms with Gasteiger partial charge in [0.25, 0.3) is 0 Å². The Labute approximate surface area is 107 Å². The average molecular weight is 249 g/mol. The van der Waals surface area contributed by atoms with Crippen LogP contribution in [0.2, 0.25) is 0 Å². The lowest BCUT2D eigenvalue weighted by Crippen LogP contribution is -2.42. The van der Waals surface area contributed by atoms with Crippen molar-refractivity contribution in [2.24, 2.45) is 5.73 Å². The highest BCUT2D eigenvalue weighted by atomic mass is 16.3. The van der Waals surface area contributed by atoms with Crippen LogP contribution in [0.15, 0.2) is 18.3 Å². The van der Waals surface area contributed by atoms with Crippen molar-refractivity contribution in [2.75, 3.05) is 13.1 Å². The van der Waals surface area contributed by atoms with Gasteiger partial charge in [0.2, 0.25) is 5.91 Å². The summed E-state index contributed by atoms with van der Waals surface area (Å²) in [7, 11) is 0. The van der Waals surface area contributed by atoms with Crippen LogP contribution in [0, 0.1) is 0 Å². The lowest BCUT2D eigenvalue weighted by molar-refractivity contribution is -0.132. The monoisotopic (exact) mass is 249 g/mol. The van der Waals surface area contributed by atoms with E-state index >= 15 is 0 Å². The zero-order valence-electron chi connectivity index (χ0n) is 10.4. The molecule has 5 nitrogen and oxygen atoms in total. The molecule has 1 amide bonds. The Kier molecular flexibility index (Phi) is 4.15. The van der Waals surface area contributed by atoms with Gasteiger partial charge in [-0.15, -0.1) is 0 Å². The average Bonchev–Trinajstić information content (AvgIpc) is 2.38. The van der Waals surface area contributed by atoms with Gasteiger partial charge in [-0.2, -0.15) is 0 Å². The summed E-state index contributed by atoms with van der Waals surface area (Å²) in [6, 6.07) is 3.58. The first-order chi connectivity index (χ1) is 8.65. The molecule has 0 aliphatic carbocycles.